The number of nitrogens with zero attached hydrogens (tertiary/aromatic N) is 3. The average molecular weight is 349 g/mol. The number of anilines is 1. The quantitative estimate of drug-likeness (QED) is 0.845. The SMILES string of the molecule is N#Cc1ncc(N2CC3CC3C2C(O)C(F)(F)F)cc1OC(F)F. The van der Waals surface area contributed by atoms with Crippen LogP contribution in [0.1, 0.15) is 12.1 Å². The van der Waals surface area contributed by atoms with Crippen molar-refractivity contribution < 1.29 is 31.8 Å². The van der Waals surface area contributed by atoms with E-state index >= 15 is 0 Å². The molecule has 10 heteroatoms. The van der Waals surface area contributed by atoms with Crippen molar-refractivity contribution in [1.29, 1.82) is 5.26 Å². The Morgan fingerprint density at radius 2 is 2.12 bits per heavy atom. The minimum atomic E-state index is -4.79. The van der Waals surface area contributed by atoms with E-state index in [0.717, 1.165) is 12.3 Å². The summed E-state index contributed by atoms with van der Waals surface area (Å²) in [5.41, 5.74) is -0.290. The summed E-state index contributed by atoms with van der Waals surface area (Å²) in [6.45, 7) is -2.94. The van der Waals surface area contributed by atoms with Gasteiger partial charge >= 0.3 is 12.8 Å². The van der Waals surface area contributed by atoms with Crippen molar-refractivity contribution in [2.45, 2.75) is 31.4 Å². The fourth-order valence-corrected chi connectivity index (χ4v) is 3.24. The van der Waals surface area contributed by atoms with Crippen LogP contribution in [0.15, 0.2) is 12.3 Å². The van der Waals surface area contributed by atoms with E-state index in [2.05, 4.69) is 9.72 Å². The van der Waals surface area contributed by atoms with Gasteiger partial charge in [0.05, 0.1) is 17.9 Å². The maximum atomic E-state index is 12.9. The zero-order valence-electron chi connectivity index (χ0n) is 12.0. The Kier molecular flexibility index (Phi) is 3.99. The zero-order valence-corrected chi connectivity index (χ0v) is 12.0. The third kappa shape index (κ3) is 2.96. The highest BCUT2D eigenvalue weighted by atomic mass is 19.4. The second-order valence-corrected chi connectivity index (χ2v) is 5.82. The van der Waals surface area contributed by atoms with Crippen molar-refractivity contribution in [1.82, 2.24) is 4.98 Å². The lowest BCUT2D eigenvalue weighted by atomic mass is 10.1. The summed E-state index contributed by atoms with van der Waals surface area (Å²) in [6, 6.07) is 1.43. The van der Waals surface area contributed by atoms with Gasteiger partial charge in [-0.1, -0.05) is 0 Å². The van der Waals surface area contributed by atoms with Crippen molar-refractivity contribution >= 4 is 5.69 Å². The molecule has 2 aliphatic rings. The molecule has 0 radical (unpaired) electrons. The van der Waals surface area contributed by atoms with E-state index in [-0.39, 0.29) is 24.1 Å². The molecule has 1 aromatic rings. The van der Waals surface area contributed by atoms with Crippen LogP contribution in [-0.2, 0) is 0 Å². The number of alkyl halides is 5. The predicted octanol–water partition coefficient (Wildman–Crippen LogP) is 2.30. The molecule has 0 bridgehead atoms. The first kappa shape index (κ1) is 16.7. The molecule has 3 rings (SSSR count). The third-order valence-electron chi connectivity index (χ3n) is 4.36. The highest BCUT2D eigenvalue weighted by molar-refractivity contribution is 5.55. The Balaban J connectivity index is 1.92. The standard InChI is InChI=1S/C14H12F5N3O2/c15-13(16)24-10-2-7(4-21-9(10)3-20)22-5-6-1-8(6)11(22)12(23)14(17,18)19/h2,4,6,8,11-13,23H,1,5H2. The number of aliphatic hydroxyl groups is 1. The lowest BCUT2D eigenvalue weighted by molar-refractivity contribution is -0.210. The number of hydrogen-bond acceptors (Lipinski definition) is 5. The molecule has 0 spiro atoms. The highest BCUT2D eigenvalue weighted by Crippen LogP contribution is 2.53. The minimum absolute atomic E-state index is 0.0158. The Bertz CT molecular complexity index is 675. The molecule has 0 amide bonds. The monoisotopic (exact) mass is 349 g/mol. The van der Waals surface area contributed by atoms with Crippen molar-refractivity contribution in [3.05, 3.63) is 18.0 Å². The molecule has 1 N–H and O–H groups in total. The van der Waals surface area contributed by atoms with Gasteiger partial charge in [-0.2, -0.15) is 27.2 Å². The van der Waals surface area contributed by atoms with E-state index in [9.17, 15) is 27.1 Å². The van der Waals surface area contributed by atoms with E-state index in [0.29, 0.717) is 6.42 Å². The molecular formula is C14H12F5N3O2. The minimum Gasteiger partial charge on any atom is -0.432 e. The van der Waals surface area contributed by atoms with E-state index < -0.39 is 36.4 Å². The predicted molar refractivity (Wildman–Crippen MR) is 70.4 cm³/mol. The summed E-state index contributed by atoms with van der Waals surface area (Å²) in [6.07, 6.45) is -5.64. The first-order valence-corrected chi connectivity index (χ1v) is 7.08. The number of fused-ring (bicyclic) bond motifs is 1. The summed E-state index contributed by atoms with van der Waals surface area (Å²) in [5.74, 6) is -0.801. The summed E-state index contributed by atoms with van der Waals surface area (Å²) in [7, 11) is 0. The van der Waals surface area contributed by atoms with Gasteiger partial charge in [-0.15, -0.1) is 0 Å². The molecule has 1 aliphatic heterocycles. The van der Waals surface area contributed by atoms with Crippen LogP contribution >= 0.6 is 0 Å². The largest absolute Gasteiger partial charge is 0.432 e. The van der Waals surface area contributed by atoms with E-state index in [1.165, 1.54) is 4.90 Å². The van der Waals surface area contributed by atoms with Crippen LogP contribution in [0, 0.1) is 23.2 Å². The zero-order chi connectivity index (χ0) is 17.6. The van der Waals surface area contributed by atoms with Gasteiger partial charge in [-0.25, -0.2) is 4.98 Å². The molecule has 1 aliphatic carbocycles. The van der Waals surface area contributed by atoms with Gasteiger partial charge in [0, 0.05) is 12.6 Å². The fourth-order valence-electron chi connectivity index (χ4n) is 3.24. The molecule has 2 fully saturated rings. The van der Waals surface area contributed by atoms with E-state index in [1.54, 1.807) is 6.07 Å². The summed E-state index contributed by atoms with van der Waals surface area (Å²) in [4.78, 5) is 4.96. The number of rotatable bonds is 4. The van der Waals surface area contributed by atoms with Crippen LogP contribution in [-0.4, -0.2) is 41.6 Å². The van der Waals surface area contributed by atoms with Crippen molar-refractivity contribution in [2.75, 3.05) is 11.4 Å². The number of pyridine rings is 1. The van der Waals surface area contributed by atoms with Crippen LogP contribution in [0.3, 0.4) is 0 Å². The third-order valence-corrected chi connectivity index (χ3v) is 4.36. The molecule has 0 aromatic carbocycles. The summed E-state index contributed by atoms with van der Waals surface area (Å²) >= 11 is 0. The molecule has 1 aromatic heterocycles. The van der Waals surface area contributed by atoms with Crippen LogP contribution in [0.2, 0.25) is 0 Å². The number of aliphatic hydroxyl groups excluding tert-OH is 1. The van der Waals surface area contributed by atoms with E-state index in [1.807, 2.05) is 0 Å². The number of hydrogen-bond donors (Lipinski definition) is 1. The molecular weight excluding hydrogens is 337 g/mol. The number of ether oxygens (including phenoxy) is 1. The highest BCUT2D eigenvalue weighted by Gasteiger charge is 2.60. The van der Waals surface area contributed by atoms with Gasteiger partial charge < -0.3 is 14.7 Å². The molecule has 2 heterocycles. The summed E-state index contributed by atoms with van der Waals surface area (Å²) in [5, 5.41) is 18.5. The van der Waals surface area contributed by atoms with Gasteiger partial charge in [0.1, 0.15) is 6.07 Å². The van der Waals surface area contributed by atoms with Crippen LogP contribution in [0.5, 0.6) is 5.75 Å². The topological polar surface area (TPSA) is 69.4 Å². The molecule has 1 saturated heterocycles. The molecule has 24 heavy (non-hydrogen) atoms. The second kappa shape index (κ2) is 5.73. The second-order valence-electron chi connectivity index (χ2n) is 5.82. The van der Waals surface area contributed by atoms with Crippen LogP contribution in [0.4, 0.5) is 27.6 Å². The van der Waals surface area contributed by atoms with Crippen molar-refractivity contribution in [2.24, 2.45) is 11.8 Å². The molecule has 5 nitrogen and oxygen atoms in total. The van der Waals surface area contributed by atoms with Crippen LogP contribution in [0.25, 0.3) is 0 Å². The molecule has 4 unspecified atom stereocenters. The summed E-state index contributed by atoms with van der Waals surface area (Å²) < 4.78 is 67.7. The average Bonchev–Trinajstić information content (AvgIpc) is 3.16. The molecule has 4 atom stereocenters. The first-order valence-electron chi connectivity index (χ1n) is 7.08. The smallest absolute Gasteiger partial charge is 0.416 e. The normalized spacial score (nSPS) is 26.9. The Morgan fingerprint density at radius 3 is 2.71 bits per heavy atom. The van der Waals surface area contributed by atoms with Crippen molar-refractivity contribution in [3.63, 3.8) is 0 Å². The lowest BCUT2D eigenvalue weighted by Crippen LogP contribution is -2.49. The number of nitriles is 1. The lowest BCUT2D eigenvalue weighted by Gasteiger charge is -2.33. The Hall–Kier alpha value is -2.15. The van der Waals surface area contributed by atoms with Gasteiger partial charge in [-0.3, -0.25) is 0 Å². The Morgan fingerprint density at radius 1 is 1.42 bits per heavy atom. The van der Waals surface area contributed by atoms with Crippen LogP contribution < -0.4 is 9.64 Å². The molecule has 130 valence electrons. The Labute approximate surface area is 133 Å². The number of piperidine rings is 1. The number of halogens is 5. The van der Waals surface area contributed by atoms with E-state index in [4.69, 9.17) is 5.26 Å². The van der Waals surface area contributed by atoms with Gasteiger partial charge in [-0.05, 0) is 18.3 Å². The molecule has 1 saturated carbocycles. The number of aromatic nitrogens is 1. The van der Waals surface area contributed by atoms with Gasteiger partial charge in [0.15, 0.2) is 17.5 Å². The van der Waals surface area contributed by atoms with Gasteiger partial charge in [0.2, 0.25) is 0 Å². The fraction of sp³-hybridized carbons (Fsp3) is 0.571. The maximum absolute atomic E-state index is 12.9. The maximum Gasteiger partial charge on any atom is 0.416 e. The van der Waals surface area contributed by atoms with Crippen molar-refractivity contribution in [3.8, 4) is 11.8 Å². The van der Waals surface area contributed by atoms with Gasteiger partial charge in [0.25, 0.3) is 0 Å². The first-order chi connectivity index (χ1) is 11.2.